The van der Waals surface area contributed by atoms with Crippen LogP contribution in [0.4, 0.5) is 4.39 Å². The van der Waals surface area contributed by atoms with E-state index < -0.39 is 11.9 Å². The molecule has 1 aliphatic rings. The highest BCUT2D eigenvalue weighted by atomic mass is 19.1. The van der Waals surface area contributed by atoms with E-state index in [-0.39, 0.29) is 18.2 Å². The second-order valence-electron chi connectivity index (χ2n) is 7.93. The van der Waals surface area contributed by atoms with Crippen molar-refractivity contribution in [2.24, 2.45) is 5.92 Å². The first-order valence-corrected chi connectivity index (χ1v) is 10.4. The first kappa shape index (κ1) is 21.6. The van der Waals surface area contributed by atoms with Gasteiger partial charge in [0.05, 0.1) is 19.1 Å². The van der Waals surface area contributed by atoms with Crippen LogP contribution in [-0.4, -0.2) is 24.2 Å². The second kappa shape index (κ2) is 9.22. The molecule has 1 saturated carbocycles. The molecule has 1 aliphatic carbocycles. The van der Waals surface area contributed by atoms with Gasteiger partial charge in [-0.15, -0.1) is 0 Å². The van der Waals surface area contributed by atoms with E-state index in [1.54, 1.807) is 54.6 Å². The van der Waals surface area contributed by atoms with Gasteiger partial charge in [-0.25, -0.2) is 9.18 Å². The number of carbonyl (C=O) groups excluding carboxylic acids is 1. The maximum Gasteiger partial charge on any atom is 0.343 e. The van der Waals surface area contributed by atoms with Crippen molar-refractivity contribution in [3.05, 3.63) is 83.7 Å². The van der Waals surface area contributed by atoms with Gasteiger partial charge in [0.2, 0.25) is 0 Å². The summed E-state index contributed by atoms with van der Waals surface area (Å²) in [6, 6.07) is 18.0. The minimum atomic E-state index is -0.845. The van der Waals surface area contributed by atoms with Crippen LogP contribution in [0.5, 0.6) is 11.5 Å². The van der Waals surface area contributed by atoms with Crippen LogP contribution < -0.4 is 9.47 Å². The number of halogens is 1. The molecule has 0 saturated heterocycles. The summed E-state index contributed by atoms with van der Waals surface area (Å²) < 4.78 is 24.8. The van der Waals surface area contributed by atoms with Crippen molar-refractivity contribution in [2.45, 2.75) is 25.2 Å². The lowest BCUT2D eigenvalue weighted by Crippen LogP contribution is -2.12. The van der Waals surface area contributed by atoms with E-state index >= 15 is 0 Å². The number of ether oxygens (including phenoxy) is 2. The minimum Gasteiger partial charge on any atom is -0.497 e. The number of benzene rings is 3. The Bertz CT molecular complexity index is 1140. The number of carbonyl (C=O) groups is 2. The number of rotatable bonds is 8. The van der Waals surface area contributed by atoms with Crippen molar-refractivity contribution in [3.63, 3.8) is 0 Å². The van der Waals surface area contributed by atoms with E-state index in [4.69, 9.17) is 9.47 Å². The average molecular weight is 434 g/mol. The molecule has 0 amide bonds. The highest BCUT2D eigenvalue weighted by molar-refractivity contribution is 5.91. The molecule has 5 nitrogen and oxygen atoms in total. The third-order valence-electron chi connectivity index (χ3n) is 5.69. The molecule has 0 aliphatic heterocycles. The lowest BCUT2D eigenvalue weighted by Gasteiger charge is -2.15. The van der Waals surface area contributed by atoms with Gasteiger partial charge in [-0.3, -0.25) is 4.79 Å². The van der Waals surface area contributed by atoms with Crippen molar-refractivity contribution in [2.75, 3.05) is 7.11 Å². The Morgan fingerprint density at radius 2 is 1.75 bits per heavy atom. The molecule has 0 aromatic heterocycles. The van der Waals surface area contributed by atoms with Crippen molar-refractivity contribution in [1.29, 1.82) is 0 Å². The van der Waals surface area contributed by atoms with Crippen LogP contribution in [0.3, 0.4) is 0 Å². The van der Waals surface area contributed by atoms with Crippen molar-refractivity contribution >= 4 is 11.9 Å². The number of methoxy groups -OCH3 is 1. The molecule has 164 valence electrons. The van der Waals surface area contributed by atoms with Crippen molar-refractivity contribution < 1.29 is 28.6 Å². The van der Waals surface area contributed by atoms with E-state index in [2.05, 4.69) is 0 Å². The maximum atomic E-state index is 14.2. The van der Waals surface area contributed by atoms with E-state index in [0.29, 0.717) is 34.1 Å². The number of aliphatic carboxylic acids is 1. The van der Waals surface area contributed by atoms with Crippen LogP contribution in [-0.2, 0) is 4.79 Å². The summed E-state index contributed by atoms with van der Waals surface area (Å²) in [7, 11) is 1.52. The van der Waals surface area contributed by atoms with E-state index in [9.17, 15) is 19.1 Å². The van der Waals surface area contributed by atoms with Gasteiger partial charge in [-0.2, -0.15) is 0 Å². The third-order valence-corrected chi connectivity index (χ3v) is 5.69. The van der Waals surface area contributed by atoms with Crippen LogP contribution in [0.25, 0.3) is 11.1 Å². The molecule has 0 radical (unpaired) electrons. The van der Waals surface area contributed by atoms with E-state index in [1.165, 1.54) is 13.2 Å². The molecule has 3 aromatic rings. The molecule has 3 aromatic carbocycles. The topological polar surface area (TPSA) is 72.8 Å². The smallest absolute Gasteiger partial charge is 0.343 e. The van der Waals surface area contributed by atoms with Gasteiger partial charge in [-0.1, -0.05) is 24.3 Å². The molecule has 32 heavy (non-hydrogen) atoms. The zero-order chi connectivity index (χ0) is 22.7. The molecule has 1 fully saturated rings. The maximum absolute atomic E-state index is 14.2. The average Bonchev–Trinajstić information content (AvgIpc) is 3.64. The predicted molar refractivity (Wildman–Crippen MR) is 118 cm³/mol. The molecule has 6 heteroatoms. The van der Waals surface area contributed by atoms with Crippen LogP contribution in [0.1, 0.15) is 41.1 Å². The third kappa shape index (κ3) is 4.97. The number of carboxylic acid groups (broad SMARTS) is 1. The van der Waals surface area contributed by atoms with Gasteiger partial charge >= 0.3 is 11.9 Å². The quantitative estimate of drug-likeness (QED) is 0.364. The highest BCUT2D eigenvalue weighted by Gasteiger charge is 2.34. The van der Waals surface area contributed by atoms with Gasteiger partial charge in [0.1, 0.15) is 17.3 Å². The largest absolute Gasteiger partial charge is 0.497 e. The lowest BCUT2D eigenvalue weighted by atomic mass is 9.90. The SMILES string of the molecule is COc1ccc(F)c(-c2ccc(OC(=O)c3cccc([C@@H](CC(=O)O)C4CC4)c3)cc2)c1. The molecule has 0 unspecified atom stereocenters. The van der Waals surface area contributed by atoms with E-state index in [0.717, 1.165) is 18.4 Å². The summed E-state index contributed by atoms with van der Waals surface area (Å²) >= 11 is 0. The molecular formula is C26H23FO5. The fourth-order valence-electron chi connectivity index (χ4n) is 3.86. The summed E-state index contributed by atoms with van der Waals surface area (Å²) in [6.07, 6.45) is 2.06. The molecule has 4 rings (SSSR count). The highest BCUT2D eigenvalue weighted by Crippen LogP contribution is 2.44. The first-order chi connectivity index (χ1) is 15.4. The van der Waals surface area contributed by atoms with Gasteiger partial charge in [0.15, 0.2) is 0 Å². The zero-order valence-electron chi connectivity index (χ0n) is 17.6. The monoisotopic (exact) mass is 434 g/mol. The van der Waals surface area contributed by atoms with Gasteiger partial charge in [0.25, 0.3) is 0 Å². The Hall–Kier alpha value is -3.67. The molecule has 0 heterocycles. The normalized spacial score (nSPS) is 13.9. The molecule has 1 N–H and O–H groups in total. The summed E-state index contributed by atoms with van der Waals surface area (Å²) in [5, 5.41) is 9.22. The summed E-state index contributed by atoms with van der Waals surface area (Å²) in [5.41, 5.74) is 2.22. The number of hydrogen-bond donors (Lipinski definition) is 1. The Morgan fingerprint density at radius 3 is 2.41 bits per heavy atom. The van der Waals surface area contributed by atoms with Gasteiger partial charge in [0, 0.05) is 5.56 Å². The Labute approximate surface area is 185 Å². The Morgan fingerprint density at radius 1 is 1.03 bits per heavy atom. The van der Waals surface area contributed by atoms with E-state index in [1.807, 2.05) is 6.07 Å². The number of esters is 1. The summed E-state index contributed by atoms with van der Waals surface area (Å²) in [6.45, 7) is 0. The number of hydrogen-bond acceptors (Lipinski definition) is 4. The van der Waals surface area contributed by atoms with Crippen molar-refractivity contribution in [3.8, 4) is 22.6 Å². The zero-order valence-corrected chi connectivity index (χ0v) is 17.6. The lowest BCUT2D eigenvalue weighted by molar-refractivity contribution is -0.137. The Balaban J connectivity index is 1.49. The van der Waals surface area contributed by atoms with Gasteiger partial charge < -0.3 is 14.6 Å². The Kier molecular flexibility index (Phi) is 6.21. The molecule has 0 spiro atoms. The standard InChI is InChI=1S/C26H23FO5/c1-31-21-11-12-24(27)23(14-21)17-7-9-20(10-8-17)32-26(30)19-4-2-3-18(13-19)22(15-25(28)29)16-5-6-16/h2-4,7-14,16,22H,5-6,15H2,1H3,(H,28,29)/t22-/m0/s1. The molecule has 0 bridgehead atoms. The van der Waals surface area contributed by atoms with Crippen molar-refractivity contribution in [1.82, 2.24) is 0 Å². The summed E-state index contributed by atoms with van der Waals surface area (Å²) in [5.74, 6) is -0.626. The first-order valence-electron chi connectivity index (χ1n) is 10.4. The minimum absolute atomic E-state index is 0.0471. The van der Waals surface area contributed by atoms with Crippen LogP contribution in [0.15, 0.2) is 66.7 Å². The molecular weight excluding hydrogens is 411 g/mol. The van der Waals surface area contributed by atoms with Gasteiger partial charge in [-0.05, 0) is 78.3 Å². The fraction of sp³-hybridized carbons (Fsp3) is 0.231. The second-order valence-corrected chi connectivity index (χ2v) is 7.93. The van der Waals surface area contributed by atoms with Crippen LogP contribution >= 0.6 is 0 Å². The van der Waals surface area contributed by atoms with Crippen LogP contribution in [0.2, 0.25) is 0 Å². The van der Waals surface area contributed by atoms with Crippen LogP contribution in [0, 0.1) is 11.7 Å². The molecule has 1 atom stereocenters. The summed E-state index contributed by atoms with van der Waals surface area (Å²) in [4.78, 5) is 23.9. The number of carboxylic acids is 1. The fourth-order valence-corrected chi connectivity index (χ4v) is 3.86. The predicted octanol–water partition coefficient (Wildman–Crippen LogP) is 5.69.